The van der Waals surface area contributed by atoms with E-state index < -0.39 is 10.8 Å². The molecule has 0 amide bonds. The lowest BCUT2D eigenvalue weighted by Crippen LogP contribution is -2.28. The van der Waals surface area contributed by atoms with Crippen molar-refractivity contribution < 1.29 is 0 Å². The van der Waals surface area contributed by atoms with Crippen molar-refractivity contribution in [3.05, 3.63) is 336 Å². The minimum Gasteiger partial charge on any atom is -0.310 e. The Morgan fingerprint density at radius 2 is 0.689 bits per heavy atom. The van der Waals surface area contributed by atoms with E-state index in [0.717, 1.165) is 28.4 Å². The number of anilines is 6. The molecule has 0 saturated carbocycles. The third-order valence-electron chi connectivity index (χ3n) is 16.3. The van der Waals surface area contributed by atoms with Gasteiger partial charge in [-0.1, -0.05) is 231 Å². The van der Waals surface area contributed by atoms with Crippen molar-refractivity contribution >= 4 is 44.9 Å². The standard InChI is InChI=1S/C72H48N2/c1-6-26-50(27-7-1)71(51-28-8-2-9-29-51)62-41-22-19-38-58(62)68-65(71)43-24-44-67(68)74(54-34-14-5-15-35-54)70-56-36-17-16-25-49(56)47-66-69(70)59-39-20-23-42-63(59)72(66)61-40-21-18-37-57(61)60-48-55(45-46-64(60)72)73(52-30-10-3-11-31-52)53-32-12-4-13-33-53/h1-48H. The zero-order valence-electron chi connectivity index (χ0n) is 40.6. The Labute approximate surface area is 432 Å². The van der Waals surface area contributed by atoms with E-state index in [2.05, 4.69) is 301 Å². The van der Waals surface area contributed by atoms with Crippen LogP contribution in [0.5, 0.6) is 0 Å². The smallest absolute Gasteiger partial charge is 0.0726 e. The average Bonchev–Trinajstić information content (AvgIpc) is 4.18. The second kappa shape index (κ2) is 16.5. The lowest BCUT2D eigenvalue weighted by atomic mass is 9.68. The van der Waals surface area contributed by atoms with E-state index in [1.807, 2.05) is 0 Å². The first kappa shape index (κ1) is 42.2. The Hall–Kier alpha value is -9.50. The quantitative estimate of drug-likeness (QED) is 0.150. The Balaban J connectivity index is 1.04. The van der Waals surface area contributed by atoms with Gasteiger partial charge in [0.15, 0.2) is 0 Å². The first-order valence-electron chi connectivity index (χ1n) is 25.8. The maximum absolute atomic E-state index is 2.61. The first-order chi connectivity index (χ1) is 36.8. The molecule has 0 fully saturated rings. The zero-order chi connectivity index (χ0) is 48.8. The summed E-state index contributed by atoms with van der Waals surface area (Å²) in [5, 5.41) is 2.40. The molecule has 3 aliphatic rings. The van der Waals surface area contributed by atoms with Crippen molar-refractivity contribution in [1.29, 1.82) is 0 Å². The normalized spacial score (nSPS) is 14.9. The molecule has 2 nitrogen and oxygen atoms in total. The predicted molar refractivity (Wildman–Crippen MR) is 307 cm³/mol. The summed E-state index contributed by atoms with van der Waals surface area (Å²) in [6.07, 6.45) is 0. The summed E-state index contributed by atoms with van der Waals surface area (Å²) in [6, 6.07) is 108. The van der Waals surface area contributed by atoms with Crippen LogP contribution in [0.1, 0.15) is 44.5 Å². The molecule has 0 bridgehead atoms. The number of rotatable bonds is 8. The molecule has 3 aliphatic carbocycles. The number of benzene rings is 12. The topological polar surface area (TPSA) is 6.48 Å². The first-order valence-corrected chi connectivity index (χ1v) is 25.8. The number of hydrogen-bond donors (Lipinski definition) is 0. The van der Waals surface area contributed by atoms with Crippen molar-refractivity contribution in [1.82, 2.24) is 0 Å². The van der Waals surface area contributed by atoms with Gasteiger partial charge in [-0.05, 0) is 133 Å². The molecule has 0 aliphatic heterocycles. The van der Waals surface area contributed by atoms with Gasteiger partial charge in [0.2, 0.25) is 0 Å². The van der Waals surface area contributed by atoms with Crippen LogP contribution in [0.25, 0.3) is 44.2 Å². The van der Waals surface area contributed by atoms with Crippen LogP contribution in [0.15, 0.2) is 291 Å². The highest BCUT2D eigenvalue weighted by molar-refractivity contribution is 6.13. The molecule has 2 heteroatoms. The molecule has 346 valence electrons. The number of fused-ring (bicyclic) bond motifs is 14. The Kier molecular flexibility index (Phi) is 9.43. The third kappa shape index (κ3) is 5.82. The van der Waals surface area contributed by atoms with Crippen LogP contribution in [0.4, 0.5) is 34.1 Å². The highest BCUT2D eigenvalue weighted by atomic mass is 15.2. The molecule has 0 aromatic heterocycles. The molecule has 0 radical (unpaired) electrons. The predicted octanol–water partition coefficient (Wildman–Crippen LogP) is 18.5. The molecule has 1 unspecified atom stereocenters. The molecule has 1 atom stereocenters. The van der Waals surface area contributed by atoms with Crippen LogP contribution in [0.2, 0.25) is 0 Å². The van der Waals surface area contributed by atoms with Gasteiger partial charge < -0.3 is 9.80 Å². The van der Waals surface area contributed by atoms with E-state index in [0.29, 0.717) is 0 Å². The van der Waals surface area contributed by atoms with E-state index in [9.17, 15) is 0 Å². The summed E-state index contributed by atoms with van der Waals surface area (Å²) in [5.41, 5.74) is 23.4. The van der Waals surface area contributed by atoms with Crippen molar-refractivity contribution in [3.63, 3.8) is 0 Å². The molecule has 0 saturated heterocycles. The molecular formula is C72H48N2. The summed E-state index contributed by atoms with van der Waals surface area (Å²) >= 11 is 0. The lowest BCUT2D eigenvalue weighted by Gasteiger charge is -2.35. The van der Waals surface area contributed by atoms with Crippen LogP contribution in [0.3, 0.4) is 0 Å². The van der Waals surface area contributed by atoms with Crippen molar-refractivity contribution in [3.8, 4) is 33.4 Å². The lowest BCUT2D eigenvalue weighted by molar-refractivity contribution is 0.768. The highest BCUT2D eigenvalue weighted by Crippen LogP contribution is 2.67. The fourth-order valence-corrected chi connectivity index (χ4v) is 13.5. The summed E-state index contributed by atoms with van der Waals surface area (Å²) < 4.78 is 0. The second-order valence-corrected chi connectivity index (χ2v) is 19.8. The summed E-state index contributed by atoms with van der Waals surface area (Å²) in [4.78, 5) is 5.00. The van der Waals surface area contributed by atoms with Gasteiger partial charge in [-0.2, -0.15) is 0 Å². The minimum atomic E-state index is -0.608. The molecule has 12 aromatic carbocycles. The van der Waals surface area contributed by atoms with Crippen LogP contribution >= 0.6 is 0 Å². The fourth-order valence-electron chi connectivity index (χ4n) is 13.5. The monoisotopic (exact) mass is 940 g/mol. The van der Waals surface area contributed by atoms with E-state index in [1.165, 1.54) is 94.3 Å². The van der Waals surface area contributed by atoms with Crippen molar-refractivity contribution in [2.45, 2.75) is 10.8 Å². The SMILES string of the molecule is c1ccc(N(c2ccccc2)c2ccc3c(c2)-c2ccccc2C32c3ccccc3-c3c2cc2ccccc2c3N(c2ccccc2)c2cccc3c2-c2ccccc2C3(c2ccccc2)c2ccccc2)cc1. The van der Waals surface area contributed by atoms with Gasteiger partial charge in [0.25, 0.3) is 0 Å². The van der Waals surface area contributed by atoms with Crippen LogP contribution < -0.4 is 9.80 Å². The van der Waals surface area contributed by atoms with Crippen LogP contribution in [-0.2, 0) is 10.8 Å². The maximum atomic E-state index is 2.61. The van der Waals surface area contributed by atoms with E-state index in [-0.39, 0.29) is 0 Å². The van der Waals surface area contributed by atoms with Gasteiger partial charge in [0.05, 0.1) is 22.2 Å². The third-order valence-corrected chi connectivity index (χ3v) is 16.3. The number of para-hydroxylation sites is 3. The fraction of sp³-hybridized carbons (Fsp3) is 0.0278. The molecule has 15 rings (SSSR count). The summed E-state index contributed by atoms with van der Waals surface area (Å²) in [7, 11) is 0. The highest BCUT2D eigenvalue weighted by Gasteiger charge is 2.54. The molecule has 0 heterocycles. The van der Waals surface area contributed by atoms with E-state index >= 15 is 0 Å². The van der Waals surface area contributed by atoms with Gasteiger partial charge in [-0.25, -0.2) is 0 Å². The van der Waals surface area contributed by atoms with Crippen LogP contribution in [0, 0.1) is 0 Å². The van der Waals surface area contributed by atoms with Crippen LogP contribution in [-0.4, -0.2) is 0 Å². The maximum Gasteiger partial charge on any atom is 0.0726 e. The largest absolute Gasteiger partial charge is 0.310 e. The van der Waals surface area contributed by atoms with Gasteiger partial charge in [-0.15, -0.1) is 0 Å². The molecular weight excluding hydrogens is 893 g/mol. The Morgan fingerprint density at radius 3 is 1.30 bits per heavy atom. The number of nitrogens with zero attached hydrogens (tertiary/aromatic N) is 2. The summed E-state index contributed by atoms with van der Waals surface area (Å²) in [6.45, 7) is 0. The van der Waals surface area contributed by atoms with E-state index in [4.69, 9.17) is 0 Å². The van der Waals surface area contributed by atoms with E-state index in [1.54, 1.807) is 0 Å². The Bertz CT molecular complexity index is 4050. The number of hydrogen-bond acceptors (Lipinski definition) is 2. The second-order valence-electron chi connectivity index (χ2n) is 19.8. The molecule has 1 spiro atoms. The molecule has 12 aromatic rings. The summed E-state index contributed by atoms with van der Waals surface area (Å²) in [5.74, 6) is 0. The molecule has 0 N–H and O–H groups in total. The minimum absolute atomic E-state index is 0.559. The van der Waals surface area contributed by atoms with Crippen molar-refractivity contribution in [2.24, 2.45) is 0 Å². The van der Waals surface area contributed by atoms with Gasteiger partial charge in [-0.3, -0.25) is 0 Å². The molecule has 74 heavy (non-hydrogen) atoms. The zero-order valence-corrected chi connectivity index (χ0v) is 40.6. The Morgan fingerprint density at radius 1 is 0.243 bits per heavy atom. The van der Waals surface area contributed by atoms with Gasteiger partial charge in [0.1, 0.15) is 0 Å². The van der Waals surface area contributed by atoms with Gasteiger partial charge in [0, 0.05) is 39.3 Å². The van der Waals surface area contributed by atoms with Crippen molar-refractivity contribution in [2.75, 3.05) is 9.80 Å². The average molecular weight is 941 g/mol. The van der Waals surface area contributed by atoms with Gasteiger partial charge >= 0.3 is 0 Å².